The topological polar surface area (TPSA) is 72.9 Å². The summed E-state index contributed by atoms with van der Waals surface area (Å²) < 4.78 is 4.92. The molecule has 122 valence electrons. The van der Waals surface area contributed by atoms with Gasteiger partial charge in [-0.1, -0.05) is 0 Å². The Balaban J connectivity index is 1.58. The van der Waals surface area contributed by atoms with Gasteiger partial charge in [0.25, 0.3) is 0 Å². The molecule has 0 aliphatic carbocycles. The van der Waals surface area contributed by atoms with Crippen LogP contribution in [0.2, 0.25) is 0 Å². The number of aryl methyl sites for hydroxylation is 1. The summed E-state index contributed by atoms with van der Waals surface area (Å²) >= 11 is 1.62. The van der Waals surface area contributed by atoms with Gasteiger partial charge in [0.05, 0.1) is 33.8 Å². The first kappa shape index (κ1) is 14.1. The van der Waals surface area contributed by atoms with Gasteiger partial charge in [-0.25, -0.2) is 15.0 Å². The minimum absolute atomic E-state index is 0.710. The number of rotatable bonds is 3. The summed E-state index contributed by atoms with van der Waals surface area (Å²) in [6.07, 6.45) is 9.30. The third kappa shape index (κ3) is 2.34. The summed E-state index contributed by atoms with van der Waals surface area (Å²) in [5.41, 5.74) is 6.57. The Morgan fingerprint density at radius 2 is 2.08 bits per heavy atom. The van der Waals surface area contributed by atoms with Crippen molar-refractivity contribution in [3.8, 4) is 11.3 Å². The maximum Gasteiger partial charge on any atom is 0.180 e. The predicted octanol–water partition coefficient (Wildman–Crippen LogP) is 3.48. The van der Waals surface area contributed by atoms with E-state index < -0.39 is 0 Å². The molecule has 0 aliphatic heterocycles. The molecule has 5 aromatic rings. The van der Waals surface area contributed by atoms with Crippen molar-refractivity contribution in [2.75, 3.05) is 5.32 Å². The van der Waals surface area contributed by atoms with Gasteiger partial charge in [0.2, 0.25) is 0 Å². The first-order valence-corrected chi connectivity index (χ1v) is 8.57. The number of imidazole rings is 1. The second-order valence-corrected chi connectivity index (χ2v) is 6.56. The lowest BCUT2D eigenvalue weighted by molar-refractivity contribution is 0.768. The summed E-state index contributed by atoms with van der Waals surface area (Å²) in [6, 6.07) is 6.07. The third-order valence-corrected chi connectivity index (χ3v) is 4.81. The molecule has 4 aromatic heterocycles. The van der Waals surface area contributed by atoms with Gasteiger partial charge in [-0.05, 0) is 18.2 Å². The van der Waals surface area contributed by atoms with Crippen LogP contribution in [0.25, 0.3) is 27.1 Å². The van der Waals surface area contributed by atoms with E-state index in [1.165, 1.54) is 0 Å². The third-order valence-electron chi connectivity index (χ3n) is 4.02. The van der Waals surface area contributed by atoms with Crippen LogP contribution >= 0.6 is 11.3 Å². The highest BCUT2D eigenvalue weighted by Crippen LogP contribution is 2.27. The summed E-state index contributed by atoms with van der Waals surface area (Å²) in [5.74, 6) is 0.710. The van der Waals surface area contributed by atoms with E-state index in [2.05, 4.69) is 31.4 Å². The molecule has 0 atom stereocenters. The van der Waals surface area contributed by atoms with Crippen molar-refractivity contribution in [2.45, 2.75) is 0 Å². The van der Waals surface area contributed by atoms with E-state index in [4.69, 9.17) is 0 Å². The van der Waals surface area contributed by atoms with E-state index in [0.29, 0.717) is 5.82 Å². The van der Waals surface area contributed by atoms with Crippen LogP contribution in [0.5, 0.6) is 0 Å². The molecule has 0 saturated carbocycles. The second-order valence-electron chi connectivity index (χ2n) is 5.68. The molecule has 0 radical (unpaired) electrons. The first-order chi connectivity index (χ1) is 12.3. The van der Waals surface area contributed by atoms with Gasteiger partial charge in [0.1, 0.15) is 0 Å². The molecular formula is C17H13N7S. The Kier molecular flexibility index (Phi) is 3.04. The van der Waals surface area contributed by atoms with Gasteiger partial charge in [0, 0.05) is 36.9 Å². The van der Waals surface area contributed by atoms with Crippen molar-refractivity contribution >= 4 is 38.7 Å². The van der Waals surface area contributed by atoms with Gasteiger partial charge < -0.3 is 5.32 Å². The van der Waals surface area contributed by atoms with Crippen molar-refractivity contribution in [3.63, 3.8) is 0 Å². The lowest BCUT2D eigenvalue weighted by atomic mass is 10.3. The van der Waals surface area contributed by atoms with Crippen LogP contribution in [0.4, 0.5) is 11.5 Å². The van der Waals surface area contributed by atoms with E-state index in [1.54, 1.807) is 22.2 Å². The number of thiazole rings is 1. The van der Waals surface area contributed by atoms with Gasteiger partial charge in [-0.3, -0.25) is 9.08 Å². The Hall–Kier alpha value is -3.26. The number of nitrogens with zero attached hydrogens (tertiary/aromatic N) is 6. The molecule has 25 heavy (non-hydrogen) atoms. The lowest BCUT2D eigenvalue weighted by Gasteiger charge is -2.07. The minimum Gasteiger partial charge on any atom is -0.337 e. The fourth-order valence-electron chi connectivity index (χ4n) is 2.84. The maximum atomic E-state index is 4.54. The van der Waals surface area contributed by atoms with Crippen LogP contribution in [0, 0.1) is 0 Å². The molecule has 0 fully saturated rings. The minimum atomic E-state index is 0.710. The summed E-state index contributed by atoms with van der Waals surface area (Å²) in [4.78, 5) is 13.3. The SMILES string of the molecule is Cn1cc(-c2cnc3c(Nc4ccc5ncsc5c4)nccn23)cn1. The Morgan fingerprint density at radius 1 is 1.12 bits per heavy atom. The van der Waals surface area contributed by atoms with Crippen molar-refractivity contribution < 1.29 is 0 Å². The lowest BCUT2D eigenvalue weighted by Crippen LogP contribution is -1.98. The highest BCUT2D eigenvalue weighted by molar-refractivity contribution is 7.16. The molecule has 0 aliphatic rings. The molecule has 0 spiro atoms. The molecule has 1 N–H and O–H groups in total. The standard InChI is InChI=1S/C17H13N7S/c1-23-9-11(7-21-23)14-8-19-17-16(18-4-5-24(14)17)22-12-2-3-13-15(6-12)25-10-20-13/h2-10H,1H3,(H,18,22). The largest absolute Gasteiger partial charge is 0.337 e. The molecule has 5 rings (SSSR count). The van der Waals surface area contributed by atoms with Gasteiger partial charge >= 0.3 is 0 Å². The fraction of sp³-hybridized carbons (Fsp3) is 0.0588. The van der Waals surface area contributed by atoms with Crippen molar-refractivity contribution in [2.24, 2.45) is 7.05 Å². The van der Waals surface area contributed by atoms with Gasteiger partial charge in [-0.15, -0.1) is 11.3 Å². The van der Waals surface area contributed by atoms with Crippen LogP contribution in [0.3, 0.4) is 0 Å². The Morgan fingerprint density at radius 3 is 2.96 bits per heavy atom. The van der Waals surface area contributed by atoms with Crippen LogP contribution in [-0.4, -0.2) is 29.1 Å². The average molecular weight is 347 g/mol. The molecule has 0 unspecified atom stereocenters. The molecule has 7 nitrogen and oxygen atoms in total. The van der Waals surface area contributed by atoms with Crippen LogP contribution in [0.15, 0.2) is 54.7 Å². The summed E-state index contributed by atoms with van der Waals surface area (Å²) in [6.45, 7) is 0. The number of nitrogens with one attached hydrogen (secondary N) is 1. The smallest absolute Gasteiger partial charge is 0.180 e. The summed E-state index contributed by atoms with van der Waals surface area (Å²) in [7, 11) is 1.90. The highest BCUT2D eigenvalue weighted by Gasteiger charge is 2.12. The molecule has 0 amide bonds. The van der Waals surface area contributed by atoms with E-state index >= 15 is 0 Å². The molecular weight excluding hydrogens is 334 g/mol. The van der Waals surface area contributed by atoms with Gasteiger partial charge in [0.15, 0.2) is 11.5 Å². The van der Waals surface area contributed by atoms with Crippen molar-refractivity contribution in [1.29, 1.82) is 0 Å². The van der Waals surface area contributed by atoms with E-state index in [9.17, 15) is 0 Å². The van der Waals surface area contributed by atoms with Crippen LogP contribution < -0.4 is 5.32 Å². The van der Waals surface area contributed by atoms with Crippen molar-refractivity contribution in [3.05, 3.63) is 54.7 Å². The quantitative estimate of drug-likeness (QED) is 0.541. The zero-order chi connectivity index (χ0) is 16.8. The highest BCUT2D eigenvalue weighted by atomic mass is 32.1. The summed E-state index contributed by atoms with van der Waals surface area (Å²) in [5, 5.41) is 7.60. The molecule has 0 saturated heterocycles. The van der Waals surface area contributed by atoms with Crippen molar-refractivity contribution in [1.82, 2.24) is 29.1 Å². The second kappa shape index (κ2) is 5.38. The number of aromatic nitrogens is 6. The van der Waals surface area contributed by atoms with Gasteiger partial charge in [-0.2, -0.15) is 5.10 Å². The number of fused-ring (bicyclic) bond motifs is 2. The Bertz CT molecular complexity index is 1200. The monoisotopic (exact) mass is 347 g/mol. The first-order valence-electron chi connectivity index (χ1n) is 7.69. The normalized spacial score (nSPS) is 11.4. The number of anilines is 2. The van der Waals surface area contributed by atoms with E-state index in [0.717, 1.165) is 32.8 Å². The zero-order valence-corrected chi connectivity index (χ0v) is 14.1. The number of hydrogen-bond acceptors (Lipinski definition) is 6. The molecule has 4 heterocycles. The predicted molar refractivity (Wildman–Crippen MR) is 98.1 cm³/mol. The average Bonchev–Trinajstić information content (AvgIpc) is 3.33. The fourth-order valence-corrected chi connectivity index (χ4v) is 3.56. The zero-order valence-electron chi connectivity index (χ0n) is 13.3. The molecule has 8 heteroatoms. The molecule has 1 aromatic carbocycles. The van der Waals surface area contributed by atoms with E-state index in [-0.39, 0.29) is 0 Å². The number of hydrogen-bond donors (Lipinski definition) is 1. The Labute approximate surface area is 146 Å². The maximum absolute atomic E-state index is 4.54. The van der Waals surface area contributed by atoms with Crippen LogP contribution in [-0.2, 0) is 7.05 Å². The van der Waals surface area contributed by atoms with Crippen LogP contribution in [0.1, 0.15) is 0 Å². The molecule has 0 bridgehead atoms. The number of benzene rings is 1. The van der Waals surface area contributed by atoms with E-state index in [1.807, 2.05) is 53.9 Å².